The third-order valence-electron chi connectivity index (χ3n) is 4.91. The molecule has 130 valence electrons. The van der Waals surface area contributed by atoms with Gasteiger partial charge in [0.1, 0.15) is 11.9 Å². The zero-order valence-corrected chi connectivity index (χ0v) is 13.7. The lowest BCUT2D eigenvalue weighted by atomic mass is 9.96. The van der Waals surface area contributed by atoms with E-state index in [9.17, 15) is 14.0 Å². The number of hydrogen-bond acceptors (Lipinski definition) is 2. The summed E-state index contributed by atoms with van der Waals surface area (Å²) in [6, 6.07) is 5.80. The molecule has 0 radical (unpaired) electrons. The molecule has 5 nitrogen and oxygen atoms in total. The van der Waals surface area contributed by atoms with E-state index in [1.807, 2.05) is 0 Å². The van der Waals surface area contributed by atoms with Crippen LogP contribution in [-0.2, 0) is 11.2 Å². The van der Waals surface area contributed by atoms with E-state index < -0.39 is 6.04 Å². The van der Waals surface area contributed by atoms with Crippen LogP contribution in [-0.4, -0.2) is 31.1 Å². The lowest BCUT2D eigenvalue weighted by Gasteiger charge is -2.19. The van der Waals surface area contributed by atoms with Crippen molar-refractivity contribution in [3.8, 4) is 0 Å². The fourth-order valence-corrected chi connectivity index (χ4v) is 3.18. The lowest BCUT2D eigenvalue weighted by molar-refractivity contribution is -0.122. The smallest absolute Gasteiger partial charge is 0.315 e. The Morgan fingerprint density at radius 3 is 2.71 bits per heavy atom. The lowest BCUT2D eigenvalue weighted by Crippen LogP contribution is -2.50. The van der Waals surface area contributed by atoms with E-state index in [1.165, 1.54) is 12.1 Å². The molecule has 24 heavy (non-hydrogen) atoms. The molecule has 0 bridgehead atoms. The van der Waals surface area contributed by atoms with Crippen molar-refractivity contribution in [3.63, 3.8) is 0 Å². The van der Waals surface area contributed by atoms with Gasteiger partial charge >= 0.3 is 6.03 Å². The number of amides is 3. The normalized spacial score (nSPS) is 22.2. The Bertz CT molecular complexity index is 599. The van der Waals surface area contributed by atoms with Gasteiger partial charge < -0.3 is 16.0 Å². The summed E-state index contributed by atoms with van der Waals surface area (Å²) in [5.41, 5.74) is 1.15. The molecule has 2 fully saturated rings. The first-order chi connectivity index (χ1) is 11.6. The predicted octanol–water partition coefficient (Wildman–Crippen LogP) is 2.12. The van der Waals surface area contributed by atoms with Crippen LogP contribution < -0.4 is 16.0 Å². The van der Waals surface area contributed by atoms with E-state index >= 15 is 0 Å². The van der Waals surface area contributed by atoms with Gasteiger partial charge in [-0.25, -0.2) is 9.18 Å². The SMILES string of the molecule is O=C(NCC1(Cc2ccc(F)cc2)CC1)N[C@H]1CCCCNC1=O. The molecular weight excluding hydrogens is 309 g/mol. The van der Waals surface area contributed by atoms with Gasteiger partial charge in [-0.15, -0.1) is 0 Å². The minimum absolute atomic E-state index is 0.0703. The zero-order chi connectivity index (χ0) is 17.0. The van der Waals surface area contributed by atoms with Crippen LogP contribution in [0.4, 0.5) is 9.18 Å². The van der Waals surface area contributed by atoms with E-state index in [4.69, 9.17) is 0 Å². The van der Waals surface area contributed by atoms with Crippen molar-refractivity contribution in [2.24, 2.45) is 5.41 Å². The molecule has 3 N–H and O–H groups in total. The van der Waals surface area contributed by atoms with Gasteiger partial charge in [0.25, 0.3) is 0 Å². The topological polar surface area (TPSA) is 70.2 Å². The van der Waals surface area contributed by atoms with E-state index in [1.54, 1.807) is 12.1 Å². The van der Waals surface area contributed by atoms with Crippen LogP contribution >= 0.6 is 0 Å². The third-order valence-corrected chi connectivity index (χ3v) is 4.91. The Hall–Kier alpha value is -2.11. The second kappa shape index (κ2) is 7.20. The number of urea groups is 1. The molecule has 3 rings (SSSR count). The van der Waals surface area contributed by atoms with Crippen LogP contribution in [0.1, 0.15) is 37.7 Å². The molecule has 0 unspecified atom stereocenters. The zero-order valence-electron chi connectivity index (χ0n) is 13.7. The summed E-state index contributed by atoms with van der Waals surface area (Å²) in [5, 5.41) is 8.48. The molecule has 1 atom stereocenters. The number of rotatable bonds is 5. The first-order valence-corrected chi connectivity index (χ1v) is 8.63. The van der Waals surface area contributed by atoms with E-state index in [0.29, 0.717) is 19.5 Å². The second-order valence-corrected chi connectivity index (χ2v) is 6.97. The van der Waals surface area contributed by atoms with Gasteiger partial charge in [-0.2, -0.15) is 0 Å². The van der Waals surface area contributed by atoms with Crippen molar-refractivity contribution in [1.82, 2.24) is 16.0 Å². The Balaban J connectivity index is 1.47. The summed E-state index contributed by atoms with van der Waals surface area (Å²) in [7, 11) is 0. The Morgan fingerprint density at radius 2 is 2.00 bits per heavy atom. The van der Waals surface area contributed by atoms with Gasteiger partial charge in [-0.1, -0.05) is 12.1 Å². The van der Waals surface area contributed by atoms with Crippen molar-refractivity contribution in [1.29, 1.82) is 0 Å². The maximum absolute atomic E-state index is 13.0. The van der Waals surface area contributed by atoms with E-state index in [-0.39, 0.29) is 23.2 Å². The number of benzene rings is 1. The summed E-state index contributed by atoms with van der Waals surface area (Å²) in [6.07, 6.45) is 5.49. The summed E-state index contributed by atoms with van der Waals surface area (Å²) in [5.74, 6) is -0.335. The third kappa shape index (κ3) is 4.46. The molecule has 1 aromatic carbocycles. The van der Waals surface area contributed by atoms with Crippen LogP contribution in [0.3, 0.4) is 0 Å². The Labute approximate surface area is 141 Å². The standard InChI is InChI=1S/C18H24FN3O2/c19-14-6-4-13(5-7-14)11-18(8-9-18)12-21-17(24)22-15-3-1-2-10-20-16(15)23/h4-7,15H,1-3,8-12H2,(H,20,23)(H2,21,22,24)/t15-/m0/s1. The van der Waals surface area contributed by atoms with Crippen molar-refractivity contribution in [2.75, 3.05) is 13.1 Å². The molecule has 1 aliphatic carbocycles. The number of nitrogens with one attached hydrogen (secondary N) is 3. The first kappa shape index (κ1) is 16.7. The fourth-order valence-electron chi connectivity index (χ4n) is 3.18. The average molecular weight is 333 g/mol. The number of carbonyl (C=O) groups excluding carboxylic acids is 2. The number of hydrogen-bond donors (Lipinski definition) is 3. The molecule has 1 aromatic rings. The summed E-state index contributed by atoms with van der Waals surface area (Å²) in [6.45, 7) is 1.25. The monoisotopic (exact) mass is 333 g/mol. The van der Waals surface area contributed by atoms with Crippen LogP contribution in [0.25, 0.3) is 0 Å². The Morgan fingerprint density at radius 1 is 1.25 bits per heavy atom. The minimum Gasteiger partial charge on any atom is -0.354 e. The van der Waals surface area contributed by atoms with Gasteiger partial charge in [0.2, 0.25) is 5.91 Å². The van der Waals surface area contributed by atoms with Crippen molar-refractivity contribution in [2.45, 2.75) is 44.6 Å². The molecule has 3 amide bonds. The quantitative estimate of drug-likeness (QED) is 0.772. The van der Waals surface area contributed by atoms with Gasteiger partial charge in [0, 0.05) is 13.1 Å². The minimum atomic E-state index is -0.445. The first-order valence-electron chi connectivity index (χ1n) is 8.63. The van der Waals surface area contributed by atoms with Crippen LogP contribution in [0.5, 0.6) is 0 Å². The number of halogens is 1. The average Bonchev–Trinajstić information content (AvgIpc) is 3.35. The van der Waals surface area contributed by atoms with Gasteiger partial charge in [0.15, 0.2) is 0 Å². The van der Waals surface area contributed by atoms with E-state index in [2.05, 4.69) is 16.0 Å². The molecule has 0 spiro atoms. The van der Waals surface area contributed by atoms with Gasteiger partial charge in [0.05, 0.1) is 0 Å². The highest BCUT2D eigenvalue weighted by Crippen LogP contribution is 2.47. The molecular formula is C18H24FN3O2. The highest BCUT2D eigenvalue weighted by Gasteiger charge is 2.42. The van der Waals surface area contributed by atoms with Gasteiger partial charge in [-0.3, -0.25) is 4.79 Å². The summed E-state index contributed by atoms with van der Waals surface area (Å²) >= 11 is 0. The molecule has 0 aromatic heterocycles. The highest BCUT2D eigenvalue weighted by molar-refractivity contribution is 5.87. The van der Waals surface area contributed by atoms with Crippen LogP contribution in [0, 0.1) is 11.2 Å². The molecule has 2 aliphatic rings. The van der Waals surface area contributed by atoms with Crippen LogP contribution in [0.15, 0.2) is 24.3 Å². The summed E-state index contributed by atoms with van der Waals surface area (Å²) < 4.78 is 13.0. The predicted molar refractivity (Wildman–Crippen MR) is 89.0 cm³/mol. The van der Waals surface area contributed by atoms with Crippen molar-refractivity contribution < 1.29 is 14.0 Å². The summed E-state index contributed by atoms with van der Waals surface area (Å²) in [4.78, 5) is 23.9. The van der Waals surface area contributed by atoms with Crippen molar-refractivity contribution >= 4 is 11.9 Å². The van der Waals surface area contributed by atoms with Crippen LogP contribution in [0.2, 0.25) is 0 Å². The molecule has 1 saturated heterocycles. The maximum Gasteiger partial charge on any atom is 0.315 e. The molecule has 1 saturated carbocycles. The largest absolute Gasteiger partial charge is 0.354 e. The van der Waals surface area contributed by atoms with Gasteiger partial charge in [-0.05, 0) is 61.6 Å². The Kier molecular flexibility index (Phi) is 5.02. The van der Waals surface area contributed by atoms with Crippen molar-refractivity contribution in [3.05, 3.63) is 35.6 Å². The maximum atomic E-state index is 13.0. The second-order valence-electron chi connectivity index (χ2n) is 6.97. The number of carbonyl (C=O) groups is 2. The van der Waals surface area contributed by atoms with E-state index in [0.717, 1.165) is 37.7 Å². The molecule has 1 aliphatic heterocycles. The molecule has 1 heterocycles. The fraction of sp³-hybridized carbons (Fsp3) is 0.556. The highest BCUT2D eigenvalue weighted by atomic mass is 19.1. The molecule has 6 heteroatoms.